The van der Waals surface area contributed by atoms with Crippen molar-refractivity contribution in [2.45, 2.75) is 0 Å². The Bertz CT molecular complexity index is 1280. The Labute approximate surface area is 183 Å². The van der Waals surface area contributed by atoms with Crippen molar-refractivity contribution in [1.82, 2.24) is 24.6 Å². The molecule has 160 valence electrons. The molecular formula is C21H19N9O2. The summed E-state index contributed by atoms with van der Waals surface area (Å²) in [5, 5.41) is 17.3. The van der Waals surface area contributed by atoms with E-state index in [1.807, 2.05) is 29.2 Å². The molecule has 1 aromatic carbocycles. The van der Waals surface area contributed by atoms with Gasteiger partial charge in [0, 0.05) is 31.2 Å². The van der Waals surface area contributed by atoms with Gasteiger partial charge in [-0.3, -0.25) is 4.98 Å². The summed E-state index contributed by atoms with van der Waals surface area (Å²) >= 11 is 0. The van der Waals surface area contributed by atoms with Gasteiger partial charge < -0.3 is 25.4 Å². The normalized spacial score (nSPS) is 13.7. The monoisotopic (exact) mass is 429 g/mol. The molecule has 3 N–H and O–H groups in total. The molecular weight excluding hydrogens is 410 g/mol. The summed E-state index contributed by atoms with van der Waals surface area (Å²) in [6.45, 7) is 2.49. The Morgan fingerprint density at radius 3 is 2.47 bits per heavy atom. The van der Waals surface area contributed by atoms with Crippen LogP contribution in [0.25, 0.3) is 5.65 Å². The molecule has 11 nitrogen and oxygen atoms in total. The van der Waals surface area contributed by atoms with Crippen LogP contribution in [0.3, 0.4) is 0 Å². The lowest BCUT2D eigenvalue weighted by molar-refractivity contribution is 0.122. The van der Waals surface area contributed by atoms with E-state index in [1.54, 1.807) is 24.5 Å². The van der Waals surface area contributed by atoms with Gasteiger partial charge in [0.2, 0.25) is 11.9 Å². The number of ether oxygens (including phenoxy) is 2. The fourth-order valence-electron chi connectivity index (χ4n) is 3.32. The van der Waals surface area contributed by atoms with Gasteiger partial charge in [0.05, 0.1) is 13.2 Å². The number of hydrogen-bond acceptors (Lipinski definition) is 10. The fourth-order valence-corrected chi connectivity index (χ4v) is 3.32. The van der Waals surface area contributed by atoms with Crippen LogP contribution < -0.4 is 20.7 Å². The van der Waals surface area contributed by atoms with Crippen LogP contribution in [0, 0.1) is 11.3 Å². The van der Waals surface area contributed by atoms with Crippen LogP contribution in [-0.4, -0.2) is 50.9 Å². The van der Waals surface area contributed by atoms with Gasteiger partial charge in [-0.25, -0.2) is 0 Å². The predicted molar refractivity (Wildman–Crippen MR) is 117 cm³/mol. The molecule has 0 radical (unpaired) electrons. The zero-order valence-corrected chi connectivity index (χ0v) is 17.0. The Hall–Kier alpha value is -4.43. The van der Waals surface area contributed by atoms with Gasteiger partial charge in [-0.05, 0) is 36.4 Å². The van der Waals surface area contributed by atoms with Crippen molar-refractivity contribution in [3.63, 3.8) is 0 Å². The second-order valence-electron chi connectivity index (χ2n) is 6.99. The van der Waals surface area contributed by atoms with Gasteiger partial charge in [-0.15, -0.1) is 5.10 Å². The smallest absolute Gasteiger partial charge is 0.230 e. The number of nitriles is 1. The highest BCUT2D eigenvalue weighted by Gasteiger charge is 2.21. The van der Waals surface area contributed by atoms with Crippen molar-refractivity contribution in [2.75, 3.05) is 42.3 Å². The van der Waals surface area contributed by atoms with E-state index in [0.29, 0.717) is 55.2 Å². The standard InChI is InChI=1S/C21H19N9O2/c22-13-17-18(25-14-1-3-15(4-2-14)32-16-5-7-24-8-6-16)28-30-19(17)26-21(27-20(30)23)29-9-11-31-12-10-29/h1-8H,9-12H2,(H,25,28)(H2,23,26,27). The van der Waals surface area contributed by atoms with Gasteiger partial charge in [0.15, 0.2) is 11.5 Å². The molecule has 5 rings (SSSR count). The molecule has 1 aliphatic rings. The molecule has 0 unspecified atom stereocenters. The van der Waals surface area contributed by atoms with E-state index in [9.17, 15) is 5.26 Å². The number of nitrogens with one attached hydrogen (secondary N) is 1. The molecule has 0 bridgehead atoms. The summed E-state index contributed by atoms with van der Waals surface area (Å²) in [7, 11) is 0. The lowest BCUT2D eigenvalue weighted by Gasteiger charge is -2.26. The van der Waals surface area contributed by atoms with Gasteiger partial charge in [0.25, 0.3) is 0 Å². The maximum atomic E-state index is 9.78. The molecule has 1 aliphatic heterocycles. The third-order valence-electron chi connectivity index (χ3n) is 4.91. The van der Waals surface area contributed by atoms with E-state index >= 15 is 0 Å². The van der Waals surface area contributed by atoms with Crippen molar-refractivity contribution in [3.05, 3.63) is 54.4 Å². The first-order chi connectivity index (χ1) is 15.7. The van der Waals surface area contributed by atoms with Gasteiger partial charge in [-0.1, -0.05) is 0 Å². The molecule has 0 saturated carbocycles. The van der Waals surface area contributed by atoms with E-state index in [0.717, 1.165) is 5.69 Å². The molecule has 0 aliphatic carbocycles. The van der Waals surface area contributed by atoms with Crippen LogP contribution >= 0.6 is 0 Å². The Balaban J connectivity index is 1.41. The molecule has 32 heavy (non-hydrogen) atoms. The van der Waals surface area contributed by atoms with E-state index in [1.165, 1.54) is 4.52 Å². The zero-order valence-electron chi connectivity index (χ0n) is 17.0. The third-order valence-corrected chi connectivity index (χ3v) is 4.91. The van der Waals surface area contributed by atoms with Crippen molar-refractivity contribution >= 4 is 29.0 Å². The quantitative estimate of drug-likeness (QED) is 0.486. The van der Waals surface area contributed by atoms with Crippen LogP contribution in [0.1, 0.15) is 5.56 Å². The number of benzene rings is 1. The maximum Gasteiger partial charge on any atom is 0.230 e. The lowest BCUT2D eigenvalue weighted by atomic mass is 10.2. The first-order valence-electron chi connectivity index (χ1n) is 9.95. The highest BCUT2D eigenvalue weighted by molar-refractivity contribution is 5.73. The molecule has 11 heteroatoms. The Morgan fingerprint density at radius 1 is 1.03 bits per heavy atom. The summed E-state index contributed by atoms with van der Waals surface area (Å²) in [4.78, 5) is 14.8. The van der Waals surface area contributed by atoms with Crippen molar-refractivity contribution in [1.29, 1.82) is 5.26 Å². The van der Waals surface area contributed by atoms with Crippen molar-refractivity contribution in [2.24, 2.45) is 0 Å². The SMILES string of the molecule is N#Cc1c(Nc2ccc(Oc3ccncc3)cc2)nn2c(N)nc(N3CCOCC3)nc12. The average Bonchev–Trinajstić information content (AvgIpc) is 3.19. The van der Waals surface area contributed by atoms with Crippen molar-refractivity contribution < 1.29 is 9.47 Å². The van der Waals surface area contributed by atoms with Crippen LogP contribution in [0.5, 0.6) is 11.5 Å². The van der Waals surface area contributed by atoms with Crippen LogP contribution in [0.15, 0.2) is 48.8 Å². The number of aromatic nitrogens is 5. The average molecular weight is 429 g/mol. The van der Waals surface area contributed by atoms with E-state index < -0.39 is 0 Å². The summed E-state index contributed by atoms with van der Waals surface area (Å²) in [6, 6.07) is 13.0. The number of fused-ring (bicyclic) bond motifs is 1. The highest BCUT2D eigenvalue weighted by atomic mass is 16.5. The molecule has 0 atom stereocenters. The lowest BCUT2D eigenvalue weighted by Crippen LogP contribution is -2.37. The van der Waals surface area contributed by atoms with E-state index in [4.69, 9.17) is 15.2 Å². The summed E-state index contributed by atoms with van der Waals surface area (Å²) in [5.41, 5.74) is 7.48. The second-order valence-corrected chi connectivity index (χ2v) is 6.99. The number of pyridine rings is 1. The molecule has 3 aromatic heterocycles. The number of morpholine rings is 1. The number of anilines is 4. The van der Waals surface area contributed by atoms with Gasteiger partial charge in [0.1, 0.15) is 23.1 Å². The first kappa shape index (κ1) is 19.5. The topological polar surface area (TPSA) is 140 Å². The summed E-state index contributed by atoms with van der Waals surface area (Å²) in [5.74, 6) is 2.32. The minimum Gasteiger partial charge on any atom is -0.457 e. The number of nitrogen functional groups attached to an aromatic ring is 1. The van der Waals surface area contributed by atoms with Gasteiger partial charge >= 0.3 is 0 Å². The van der Waals surface area contributed by atoms with Crippen molar-refractivity contribution in [3.8, 4) is 17.6 Å². The minimum absolute atomic E-state index is 0.155. The number of rotatable bonds is 5. The van der Waals surface area contributed by atoms with E-state index in [-0.39, 0.29) is 11.5 Å². The zero-order chi connectivity index (χ0) is 21.9. The van der Waals surface area contributed by atoms with Crippen LogP contribution in [0.2, 0.25) is 0 Å². The molecule has 1 saturated heterocycles. The first-order valence-corrected chi connectivity index (χ1v) is 9.95. The Morgan fingerprint density at radius 2 is 1.75 bits per heavy atom. The van der Waals surface area contributed by atoms with Crippen LogP contribution in [0.4, 0.5) is 23.4 Å². The maximum absolute atomic E-state index is 9.78. The minimum atomic E-state index is 0.155. The fraction of sp³-hybridized carbons (Fsp3) is 0.190. The van der Waals surface area contributed by atoms with Crippen LogP contribution in [-0.2, 0) is 4.74 Å². The molecule has 4 aromatic rings. The summed E-state index contributed by atoms with van der Waals surface area (Å²) < 4.78 is 12.5. The molecule has 1 fully saturated rings. The predicted octanol–water partition coefficient (Wildman–Crippen LogP) is 2.35. The Kier molecular flexibility index (Phi) is 5.11. The molecule has 0 spiro atoms. The highest BCUT2D eigenvalue weighted by Crippen LogP contribution is 2.27. The van der Waals surface area contributed by atoms with Gasteiger partial charge in [-0.2, -0.15) is 19.7 Å². The van der Waals surface area contributed by atoms with E-state index in [2.05, 4.69) is 31.4 Å². The third kappa shape index (κ3) is 3.82. The number of nitrogens with zero attached hydrogens (tertiary/aromatic N) is 7. The largest absolute Gasteiger partial charge is 0.457 e. The molecule has 0 amide bonds. The second kappa shape index (κ2) is 8.37. The number of nitrogens with two attached hydrogens (primary N) is 1. The molecule has 4 heterocycles. The summed E-state index contributed by atoms with van der Waals surface area (Å²) in [6.07, 6.45) is 3.33. The number of hydrogen-bond donors (Lipinski definition) is 2.